The van der Waals surface area contributed by atoms with Gasteiger partial charge in [-0.2, -0.15) is 0 Å². The number of carbonyl (C=O) groups is 1. The highest BCUT2D eigenvalue weighted by Gasteiger charge is 2.27. The van der Waals surface area contributed by atoms with Crippen molar-refractivity contribution in [3.05, 3.63) is 0 Å². The van der Waals surface area contributed by atoms with Crippen LogP contribution in [0.15, 0.2) is 0 Å². The normalized spacial score (nSPS) is 20.7. The van der Waals surface area contributed by atoms with E-state index in [0.29, 0.717) is 19.6 Å². The standard InChI is InChI=1S/C13H24F2N2O2/c1-13(2,3)19-12(18)17-6-4-5-10(9-17)7-16-8-11(14)15/h10-11,16H,4-9H2,1-3H3. The summed E-state index contributed by atoms with van der Waals surface area (Å²) >= 11 is 0. The highest BCUT2D eigenvalue weighted by Crippen LogP contribution is 2.18. The highest BCUT2D eigenvalue weighted by molar-refractivity contribution is 5.68. The molecule has 1 unspecified atom stereocenters. The van der Waals surface area contributed by atoms with Crippen LogP contribution in [-0.4, -0.2) is 49.2 Å². The third-order valence-electron chi connectivity index (χ3n) is 2.90. The first kappa shape index (κ1) is 16.1. The molecule has 19 heavy (non-hydrogen) atoms. The highest BCUT2D eigenvalue weighted by atomic mass is 19.3. The van der Waals surface area contributed by atoms with E-state index >= 15 is 0 Å². The maximum absolute atomic E-state index is 12.0. The molecule has 1 atom stereocenters. The molecule has 0 aliphatic carbocycles. The van der Waals surface area contributed by atoms with Crippen LogP contribution < -0.4 is 5.32 Å². The smallest absolute Gasteiger partial charge is 0.410 e. The van der Waals surface area contributed by atoms with Gasteiger partial charge in [0, 0.05) is 13.1 Å². The van der Waals surface area contributed by atoms with Gasteiger partial charge in [0.1, 0.15) is 5.60 Å². The molecule has 1 heterocycles. The molecule has 0 aromatic heterocycles. The van der Waals surface area contributed by atoms with Crippen LogP contribution in [0.1, 0.15) is 33.6 Å². The van der Waals surface area contributed by atoms with Crippen LogP contribution in [0.3, 0.4) is 0 Å². The molecule has 1 aliphatic heterocycles. The van der Waals surface area contributed by atoms with Gasteiger partial charge in [-0.3, -0.25) is 0 Å². The lowest BCUT2D eigenvalue weighted by Crippen LogP contribution is -2.45. The molecule has 0 saturated carbocycles. The van der Waals surface area contributed by atoms with Gasteiger partial charge in [-0.15, -0.1) is 0 Å². The van der Waals surface area contributed by atoms with E-state index in [9.17, 15) is 13.6 Å². The van der Waals surface area contributed by atoms with Crippen molar-refractivity contribution in [3.8, 4) is 0 Å². The SMILES string of the molecule is CC(C)(C)OC(=O)N1CCCC(CNCC(F)F)C1. The summed E-state index contributed by atoms with van der Waals surface area (Å²) < 4.78 is 29.4. The number of amides is 1. The average molecular weight is 278 g/mol. The number of likely N-dealkylation sites (tertiary alicyclic amines) is 1. The fraction of sp³-hybridized carbons (Fsp3) is 0.923. The predicted molar refractivity (Wildman–Crippen MR) is 69.4 cm³/mol. The number of ether oxygens (including phenoxy) is 1. The predicted octanol–water partition coefficient (Wildman–Crippen LogP) is 2.49. The number of halogens is 2. The van der Waals surface area contributed by atoms with E-state index < -0.39 is 12.0 Å². The molecule has 0 aromatic rings. The van der Waals surface area contributed by atoms with E-state index in [1.54, 1.807) is 4.90 Å². The first-order chi connectivity index (χ1) is 8.78. The van der Waals surface area contributed by atoms with Crippen LogP contribution in [0, 0.1) is 5.92 Å². The summed E-state index contributed by atoms with van der Waals surface area (Å²) in [7, 11) is 0. The molecule has 0 aromatic carbocycles. The van der Waals surface area contributed by atoms with Crippen molar-refractivity contribution >= 4 is 6.09 Å². The molecule has 0 bridgehead atoms. The van der Waals surface area contributed by atoms with Gasteiger partial charge >= 0.3 is 6.09 Å². The second-order valence-electron chi connectivity index (χ2n) is 5.98. The largest absolute Gasteiger partial charge is 0.444 e. The molecule has 0 radical (unpaired) electrons. The molecule has 1 aliphatic rings. The van der Waals surface area contributed by atoms with Crippen LogP contribution in [-0.2, 0) is 4.74 Å². The summed E-state index contributed by atoms with van der Waals surface area (Å²) in [5.74, 6) is 0.222. The number of hydrogen-bond donors (Lipinski definition) is 1. The fourth-order valence-corrected chi connectivity index (χ4v) is 2.12. The molecule has 112 valence electrons. The van der Waals surface area contributed by atoms with Gasteiger partial charge in [-0.1, -0.05) is 0 Å². The number of piperidine rings is 1. The second-order valence-corrected chi connectivity index (χ2v) is 5.98. The Bertz CT molecular complexity index is 293. The van der Waals surface area contributed by atoms with E-state index in [0.717, 1.165) is 12.8 Å². The molecule has 1 saturated heterocycles. The minimum absolute atomic E-state index is 0.222. The Morgan fingerprint density at radius 1 is 1.47 bits per heavy atom. The zero-order valence-corrected chi connectivity index (χ0v) is 11.9. The summed E-state index contributed by atoms with van der Waals surface area (Å²) in [5.41, 5.74) is -0.502. The van der Waals surface area contributed by atoms with Crippen LogP contribution in [0.2, 0.25) is 0 Å². The summed E-state index contributed by atoms with van der Waals surface area (Å²) in [6.45, 7) is 6.97. The molecule has 1 rings (SSSR count). The molecule has 0 spiro atoms. The van der Waals surface area contributed by atoms with E-state index in [4.69, 9.17) is 4.74 Å². The van der Waals surface area contributed by atoms with E-state index in [1.807, 2.05) is 20.8 Å². The Balaban J connectivity index is 2.35. The molecule has 4 nitrogen and oxygen atoms in total. The van der Waals surface area contributed by atoms with E-state index in [-0.39, 0.29) is 18.6 Å². The van der Waals surface area contributed by atoms with Crippen LogP contribution in [0.5, 0.6) is 0 Å². The van der Waals surface area contributed by atoms with E-state index in [2.05, 4.69) is 5.32 Å². The van der Waals surface area contributed by atoms with Crippen molar-refractivity contribution in [2.75, 3.05) is 26.2 Å². The number of carbonyl (C=O) groups excluding carboxylic acids is 1. The zero-order chi connectivity index (χ0) is 14.5. The number of nitrogens with zero attached hydrogens (tertiary/aromatic N) is 1. The quantitative estimate of drug-likeness (QED) is 0.859. The lowest BCUT2D eigenvalue weighted by molar-refractivity contribution is 0.0164. The molecule has 1 N–H and O–H groups in total. The van der Waals surface area contributed by atoms with Gasteiger partial charge in [0.25, 0.3) is 6.43 Å². The molecular formula is C13H24F2N2O2. The minimum Gasteiger partial charge on any atom is -0.444 e. The number of alkyl halides is 2. The van der Waals surface area contributed by atoms with Crippen molar-refractivity contribution in [2.45, 2.75) is 45.6 Å². The molecule has 6 heteroatoms. The lowest BCUT2D eigenvalue weighted by Gasteiger charge is -2.34. The van der Waals surface area contributed by atoms with Crippen molar-refractivity contribution in [3.63, 3.8) is 0 Å². The van der Waals surface area contributed by atoms with Crippen molar-refractivity contribution < 1.29 is 18.3 Å². The van der Waals surface area contributed by atoms with Crippen molar-refractivity contribution in [1.29, 1.82) is 0 Å². The van der Waals surface area contributed by atoms with Crippen molar-refractivity contribution in [2.24, 2.45) is 5.92 Å². The van der Waals surface area contributed by atoms with Gasteiger partial charge in [0.05, 0.1) is 6.54 Å². The number of hydrogen-bond acceptors (Lipinski definition) is 3. The minimum atomic E-state index is -2.33. The molecular weight excluding hydrogens is 254 g/mol. The Hall–Kier alpha value is -0.910. The first-order valence-electron chi connectivity index (χ1n) is 6.74. The summed E-state index contributed by atoms with van der Waals surface area (Å²) in [6.07, 6.45) is -0.799. The van der Waals surface area contributed by atoms with Crippen LogP contribution in [0.25, 0.3) is 0 Å². The third kappa shape index (κ3) is 6.71. The fourth-order valence-electron chi connectivity index (χ4n) is 2.12. The monoisotopic (exact) mass is 278 g/mol. The summed E-state index contributed by atoms with van der Waals surface area (Å²) in [5, 5.41) is 2.73. The van der Waals surface area contributed by atoms with Gasteiger partial charge in [-0.25, -0.2) is 13.6 Å². The maximum atomic E-state index is 12.0. The number of rotatable bonds is 4. The Kier molecular flexibility index (Phi) is 5.97. The molecule has 1 fully saturated rings. The van der Waals surface area contributed by atoms with Gasteiger partial charge in [-0.05, 0) is 46.1 Å². The van der Waals surface area contributed by atoms with E-state index in [1.165, 1.54) is 0 Å². The Morgan fingerprint density at radius 3 is 2.74 bits per heavy atom. The van der Waals surface area contributed by atoms with Gasteiger partial charge in [0.15, 0.2) is 0 Å². The summed E-state index contributed by atoms with van der Waals surface area (Å²) in [6, 6.07) is 0. The second kappa shape index (κ2) is 7.03. The maximum Gasteiger partial charge on any atom is 0.410 e. The number of nitrogens with one attached hydrogen (secondary N) is 1. The Morgan fingerprint density at radius 2 is 2.16 bits per heavy atom. The third-order valence-corrected chi connectivity index (χ3v) is 2.90. The van der Waals surface area contributed by atoms with Gasteiger partial charge in [0.2, 0.25) is 0 Å². The topological polar surface area (TPSA) is 41.6 Å². The first-order valence-corrected chi connectivity index (χ1v) is 6.74. The van der Waals surface area contributed by atoms with Gasteiger partial charge < -0.3 is 15.0 Å². The van der Waals surface area contributed by atoms with Crippen LogP contribution in [0.4, 0.5) is 13.6 Å². The summed E-state index contributed by atoms with van der Waals surface area (Å²) in [4.78, 5) is 13.6. The zero-order valence-electron chi connectivity index (χ0n) is 11.9. The lowest BCUT2D eigenvalue weighted by atomic mass is 9.98. The average Bonchev–Trinajstić information content (AvgIpc) is 2.26. The van der Waals surface area contributed by atoms with Crippen LogP contribution >= 0.6 is 0 Å². The Labute approximate surface area is 113 Å². The van der Waals surface area contributed by atoms with Crippen molar-refractivity contribution in [1.82, 2.24) is 10.2 Å². The molecule has 1 amide bonds.